The molecule has 0 aromatic rings. The molecule has 0 fully saturated rings. The van der Waals surface area contributed by atoms with Crippen molar-refractivity contribution in [2.75, 3.05) is 7.05 Å². The topological polar surface area (TPSA) is 29.5 Å². The molecule has 82 valence electrons. The van der Waals surface area contributed by atoms with E-state index in [0.29, 0.717) is 11.5 Å². The van der Waals surface area contributed by atoms with Crippen molar-refractivity contribution in [2.45, 2.75) is 26.4 Å². The standard InChI is InChI=1S/C12H17NO2/c1-7-9-10(8(2)3)15-12(4,5)11(14)13(9)6/h7H,1-2H2,3-6H3. The van der Waals surface area contributed by atoms with Gasteiger partial charge < -0.3 is 9.64 Å². The number of ether oxygens (including phenoxy) is 1. The molecule has 0 spiro atoms. The maximum Gasteiger partial charge on any atom is 0.270 e. The number of amides is 1. The molecule has 3 heteroatoms. The highest BCUT2D eigenvalue weighted by atomic mass is 16.5. The summed E-state index contributed by atoms with van der Waals surface area (Å²) in [4.78, 5) is 13.4. The van der Waals surface area contributed by atoms with Crippen LogP contribution >= 0.6 is 0 Å². The van der Waals surface area contributed by atoms with Gasteiger partial charge in [0.2, 0.25) is 0 Å². The molecule has 15 heavy (non-hydrogen) atoms. The lowest BCUT2D eigenvalue weighted by Gasteiger charge is -2.38. The minimum absolute atomic E-state index is 0.0811. The van der Waals surface area contributed by atoms with Gasteiger partial charge in [0, 0.05) is 7.05 Å². The summed E-state index contributed by atoms with van der Waals surface area (Å²) in [5.74, 6) is 0.555. The van der Waals surface area contributed by atoms with Crippen LogP contribution < -0.4 is 0 Å². The van der Waals surface area contributed by atoms with Crippen LogP contribution in [0.1, 0.15) is 20.8 Å². The second-order valence-electron chi connectivity index (χ2n) is 4.18. The van der Waals surface area contributed by atoms with Crippen LogP contribution in [0.25, 0.3) is 0 Å². The Labute approximate surface area is 90.7 Å². The Hall–Kier alpha value is -1.51. The van der Waals surface area contributed by atoms with Gasteiger partial charge in [0.05, 0.1) is 5.70 Å². The van der Waals surface area contributed by atoms with E-state index in [1.807, 2.05) is 6.92 Å². The maximum absolute atomic E-state index is 11.9. The van der Waals surface area contributed by atoms with Gasteiger partial charge >= 0.3 is 0 Å². The predicted octanol–water partition coefficient (Wildman–Crippen LogP) is 2.23. The Morgan fingerprint density at radius 2 is 2.07 bits per heavy atom. The SMILES string of the molecule is C=CC1=C(C(=C)C)OC(C)(C)C(=O)N1C. The second kappa shape index (κ2) is 3.57. The van der Waals surface area contributed by atoms with Crippen LogP contribution in [-0.2, 0) is 9.53 Å². The quantitative estimate of drug-likeness (QED) is 0.695. The van der Waals surface area contributed by atoms with Crippen molar-refractivity contribution < 1.29 is 9.53 Å². The van der Waals surface area contributed by atoms with E-state index in [0.717, 1.165) is 5.57 Å². The first kappa shape index (κ1) is 11.6. The third-order valence-corrected chi connectivity index (χ3v) is 2.35. The van der Waals surface area contributed by atoms with Gasteiger partial charge in [-0.25, -0.2) is 0 Å². The Kier molecular flexibility index (Phi) is 2.75. The number of rotatable bonds is 2. The van der Waals surface area contributed by atoms with Crippen molar-refractivity contribution >= 4 is 5.91 Å². The monoisotopic (exact) mass is 207 g/mol. The minimum atomic E-state index is -0.838. The molecule has 0 aromatic heterocycles. The fourth-order valence-corrected chi connectivity index (χ4v) is 1.55. The molecule has 0 bridgehead atoms. The lowest BCUT2D eigenvalue weighted by molar-refractivity contribution is -0.150. The van der Waals surface area contributed by atoms with Crippen molar-refractivity contribution in [1.29, 1.82) is 0 Å². The van der Waals surface area contributed by atoms with E-state index in [9.17, 15) is 4.79 Å². The van der Waals surface area contributed by atoms with Crippen LogP contribution in [0.5, 0.6) is 0 Å². The molecular weight excluding hydrogens is 190 g/mol. The van der Waals surface area contributed by atoms with Crippen molar-refractivity contribution in [2.24, 2.45) is 0 Å². The summed E-state index contributed by atoms with van der Waals surface area (Å²) in [6, 6.07) is 0. The zero-order valence-corrected chi connectivity index (χ0v) is 9.76. The van der Waals surface area contributed by atoms with Crippen LogP contribution in [0.4, 0.5) is 0 Å². The zero-order valence-electron chi connectivity index (χ0n) is 9.76. The Morgan fingerprint density at radius 1 is 1.53 bits per heavy atom. The molecule has 0 N–H and O–H groups in total. The van der Waals surface area contributed by atoms with Crippen LogP contribution in [-0.4, -0.2) is 23.5 Å². The summed E-state index contributed by atoms with van der Waals surface area (Å²) in [7, 11) is 1.71. The predicted molar refractivity (Wildman–Crippen MR) is 60.0 cm³/mol. The highest BCUT2D eigenvalue weighted by molar-refractivity contribution is 5.87. The molecule has 0 unspecified atom stereocenters. The molecule has 1 rings (SSSR count). The van der Waals surface area contributed by atoms with Crippen molar-refractivity contribution in [1.82, 2.24) is 4.90 Å². The van der Waals surface area contributed by atoms with Gasteiger partial charge in [-0.2, -0.15) is 0 Å². The van der Waals surface area contributed by atoms with Crippen LogP contribution in [0.15, 0.2) is 36.3 Å². The van der Waals surface area contributed by atoms with E-state index in [2.05, 4.69) is 13.2 Å². The normalized spacial score (nSPS) is 20.0. The maximum atomic E-state index is 11.9. The van der Waals surface area contributed by atoms with Gasteiger partial charge in [0.1, 0.15) is 5.76 Å². The van der Waals surface area contributed by atoms with Crippen molar-refractivity contribution in [3.05, 3.63) is 36.3 Å². The first-order chi connectivity index (χ1) is 6.81. The Morgan fingerprint density at radius 3 is 2.47 bits per heavy atom. The molecule has 0 aromatic carbocycles. The molecule has 1 aliphatic heterocycles. The molecule has 0 aliphatic carbocycles. The fraction of sp³-hybridized carbons (Fsp3) is 0.417. The van der Waals surface area contributed by atoms with E-state index < -0.39 is 5.60 Å². The summed E-state index contributed by atoms with van der Waals surface area (Å²) < 4.78 is 5.64. The molecule has 1 heterocycles. The highest BCUT2D eigenvalue weighted by Crippen LogP contribution is 2.31. The summed E-state index contributed by atoms with van der Waals surface area (Å²) in [5, 5.41) is 0. The molecule has 1 aliphatic rings. The van der Waals surface area contributed by atoms with Crippen molar-refractivity contribution in [3.63, 3.8) is 0 Å². The molecule has 1 amide bonds. The number of allylic oxidation sites excluding steroid dienone is 2. The smallest absolute Gasteiger partial charge is 0.270 e. The molecule has 0 radical (unpaired) electrons. The summed E-state index contributed by atoms with van der Waals surface area (Å²) in [6.07, 6.45) is 1.61. The van der Waals surface area contributed by atoms with E-state index in [4.69, 9.17) is 4.74 Å². The van der Waals surface area contributed by atoms with E-state index in [-0.39, 0.29) is 5.91 Å². The summed E-state index contributed by atoms with van der Waals surface area (Å²) >= 11 is 0. The van der Waals surface area contributed by atoms with Crippen LogP contribution in [0.3, 0.4) is 0 Å². The largest absolute Gasteiger partial charge is 0.476 e. The average Bonchev–Trinajstić information content (AvgIpc) is 2.13. The fourth-order valence-electron chi connectivity index (χ4n) is 1.55. The van der Waals surface area contributed by atoms with Gasteiger partial charge in [-0.3, -0.25) is 4.79 Å². The van der Waals surface area contributed by atoms with Gasteiger partial charge in [-0.05, 0) is 32.4 Å². The van der Waals surface area contributed by atoms with Gasteiger partial charge in [0.15, 0.2) is 5.60 Å². The van der Waals surface area contributed by atoms with Crippen LogP contribution in [0, 0.1) is 0 Å². The summed E-state index contributed by atoms with van der Waals surface area (Å²) in [6.45, 7) is 12.8. The van der Waals surface area contributed by atoms with Gasteiger partial charge in [-0.15, -0.1) is 0 Å². The lowest BCUT2D eigenvalue weighted by Crippen LogP contribution is -2.48. The first-order valence-electron chi connectivity index (χ1n) is 4.81. The number of likely N-dealkylation sites (N-methyl/N-ethyl adjacent to an activating group) is 1. The van der Waals surface area contributed by atoms with Gasteiger partial charge in [0.25, 0.3) is 5.91 Å². The van der Waals surface area contributed by atoms with Crippen molar-refractivity contribution in [3.8, 4) is 0 Å². The van der Waals surface area contributed by atoms with E-state index in [1.54, 1.807) is 31.9 Å². The van der Waals surface area contributed by atoms with Crippen LogP contribution in [0.2, 0.25) is 0 Å². The number of nitrogens with zero attached hydrogens (tertiary/aromatic N) is 1. The zero-order chi connectivity index (χ0) is 11.8. The third-order valence-electron chi connectivity index (χ3n) is 2.35. The second-order valence-corrected chi connectivity index (χ2v) is 4.18. The number of carbonyl (C=O) groups excluding carboxylic acids is 1. The van der Waals surface area contributed by atoms with E-state index in [1.165, 1.54) is 0 Å². The third kappa shape index (κ3) is 1.82. The first-order valence-corrected chi connectivity index (χ1v) is 4.81. The summed E-state index contributed by atoms with van der Waals surface area (Å²) in [5.41, 5.74) is 0.624. The highest BCUT2D eigenvalue weighted by Gasteiger charge is 2.39. The lowest BCUT2D eigenvalue weighted by atomic mass is 10.0. The average molecular weight is 207 g/mol. The number of hydrogen-bond acceptors (Lipinski definition) is 2. The van der Waals surface area contributed by atoms with Gasteiger partial charge in [-0.1, -0.05) is 13.2 Å². The Bertz CT molecular complexity index is 364. The molecule has 3 nitrogen and oxygen atoms in total. The molecule has 0 saturated carbocycles. The van der Waals surface area contributed by atoms with E-state index >= 15 is 0 Å². The molecule has 0 saturated heterocycles. The molecular formula is C12H17NO2. The number of hydrogen-bond donors (Lipinski definition) is 0. The minimum Gasteiger partial charge on any atom is -0.476 e. The molecule has 0 atom stereocenters. The number of carbonyl (C=O) groups is 1. The Balaban J connectivity index is 3.31.